The van der Waals surface area contributed by atoms with Gasteiger partial charge in [-0.05, 0) is 36.1 Å². The van der Waals surface area contributed by atoms with E-state index in [1.165, 1.54) is 18.0 Å². The van der Waals surface area contributed by atoms with Gasteiger partial charge in [-0.25, -0.2) is 19.7 Å². The maximum absolute atomic E-state index is 12.7. The van der Waals surface area contributed by atoms with Crippen molar-refractivity contribution < 1.29 is 14.3 Å². The highest BCUT2D eigenvalue weighted by atomic mass is 35.5. The van der Waals surface area contributed by atoms with E-state index >= 15 is 0 Å². The molecule has 3 aromatic rings. The summed E-state index contributed by atoms with van der Waals surface area (Å²) in [6, 6.07) is 11.3. The van der Waals surface area contributed by atoms with Crippen LogP contribution in [0.5, 0.6) is 17.6 Å². The third-order valence-corrected chi connectivity index (χ3v) is 5.49. The van der Waals surface area contributed by atoms with Crippen LogP contribution >= 0.6 is 11.6 Å². The van der Waals surface area contributed by atoms with Crippen LogP contribution in [0, 0.1) is 5.92 Å². The van der Waals surface area contributed by atoms with Gasteiger partial charge in [0.25, 0.3) is 0 Å². The SMILES string of the molecule is COc1ccc(NC(=O)N2CC/C(=C\c3cccc(Oc4ncc(Cl)cn4)c3)C(C)C2)cn1. The van der Waals surface area contributed by atoms with E-state index < -0.39 is 0 Å². The molecule has 2 amide bonds. The van der Waals surface area contributed by atoms with Crippen molar-refractivity contribution in [1.29, 1.82) is 0 Å². The second-order valence-electron chi connectivity index (χ2n) is 7.69. The van der Waals surface area contributed by atoms with Gasteiger partial charge < -0.3 is 19.7 Å². The number of halogens is 1. The molecule has 2 aromatic heterocycles. The smallest absolute Gasteiger partial charge is 0.321 e. The van der Waals surface area contributed by atoms with Gasteiger partial charge in [-0.3, -0.25) is 0 Å². The fourth-order valence-corrected chi connectivity index (χ4v) is 3.66. The standard InChI is InChI=1S/C24H24ClN5O3/c1-16-15-30(24(31)29-20-6-7-22(32-2)26-14-20)9-8-18(16)10-17-4-3-5-21(11-17)33-23-27-12-19(25)13-28-23/h3-7,10-14,16H,8-9,15H2,1-2H3,(H,29,31)/b18-10+. The molecular formula is C24H24ClN5O3. The van der Waals surface area contributed by atoms with E-state index in [0.29, 0.717) is 35.4 Å². The van der Waals surface area contributed by atoms with Gasteiger partial charge >= 0.3 is 12.0 Å². The largest absolute Gasteiger partial charge is 0.481 e. The molecule has 33 heavy (non-hydrogen) atoms. The molecular weight excluding hydrogens is 442 g/mol. The van der Waals surface area contributed by atoms with Crippen molar-refractivity contribution in [3.63, 3.8) is 0 Å². The summed E-state index contributed by atoms with van der Waals surface area (Å²) in [7, 11) is 1.55. The fraction of sp³-hybridized carbons (Fsp3) is 0.250. The highest BCUT2D eigenvalue weighted by Gasteiger charge is 2.24. The second kappa shape index (κ2) is 10.3. The number of benzene rings is 1. The Kier molecular flexibility index (Phi) is 7.04. The number of rotatable bonds is 5. The van der Waals surface area contributed by atoms with Gasteiger partial charge in [-0.15, -0.1) is 0 Å². The number of urea groups is 1. The number of hydrogen-bond donors (Lipinski definition) is 1. The van der Waals surface area contributed by atoms with Gasteiger partial charge in [-0.1, -0.05) is 42.3 Å². The summed E-state index contributed by atoms with van der Waals surface area (Å²) in [5, 5.41) is 3.35. The Morgan fingerprint density at radius 1 is 1.18 bits per heavy atom. The normalized spacial score (nSPS) is 17.0. The van der Waals surface area contributed by atoms with Crippen LogP contribution < -0.4 is 14.8 Å². The first kappa shape index (κ1) is 22.5. The number of pyridine rings is 1. The predicted octanol–water partition coefficient (Wildman–Crippen LogP) is 5.28. The zero-order valence-electron chi connectivity index (χ0n) is 18.4. The number of ether oxygens (including phenoxy) is 2. The van der Waals surface area contributed by atoms with Gasteiger partial charge in [0.15, 0.2) is 0 Å². The predicted molar refractivity (Wildman–Crippen MR) is 127 cm³/mol. The van der Waals surface area contributed by atoms with Crippen LogP contribution in [0.1, 0.15) is 18.9 Å². The molecule has 3 heterocycles. The third-order valence-electron chi connectivity index (χ3n) is 5.30. The van der Waals surface area contributed by atoms with Crippen molar-refractivity contribution in [2.75, 3.05) is 25.5 Å². The zero-order chi connectivity index (χ0) is 23.2. The molecule has 0 spiro atoms. The Morgan fingerprint density at radius 2 is 2.00 bits per heavy atom. The van der Waals surface area contributed by atoms with Gasteiger partial charge in [-0.2, -0.15) is 0 Å². The molecule has 4 rings (SSSR count). The van der Waals surface area contributed by atoms with E-state index in [0.717, 1.165) is 12.0 Å². The number of hydrogen-bond acceptors (Lipinski definition) is 6. The van der Waals surface area contributed by atoms with Crippen molar-refractivity contribution in [1.82, 2.24) is 19.9 Å². The van der Waals surface area contributed by atoms with Gasteiger partial charge in [0.1, 0.15) is 5.75 Å². The summed E-state index contributed by atoms with van der Waals surface area (Å²) in [6.45, 7) is 3.40. The molecule has 1 aliphatic heterocycles. The quantitative estimate of drug-likeness (QED) is 0.551. The Hall–Kier alpha value is -3.65. The minimum atomic E-state index is -0.133. The first-order valence-electron chi connectivity index (χ1n) is 10.5. The highest BCUT2D eigenvalue weighted by molar-refractivity contribution is 6.30. The van der Waals surface area contributed by atoms with E-state index in [9.17, 15) is 4.79 Å². The zero-order valence-corrected chi connectivity index (χ0v) is 19.1. The highest BCUT2D eigenvalue weighted by Crippen LogP contribution is 2.27. The molecule has 0 aliphatic carbocycles. The molecule has 0 bridgehead atoms. The van der Waals surface area contributed by atoms with Crippen molar-refractivity contribution >= 4 is 29.4 Å². The van der Waals surface area contributed by atoms with E-state index in [-0.39, 0.29) is 18.0 Å². The van der Waals surface area contributed by atoms with E-state index in [1.54, 1.807) is 25.4 Å². The summed E-state index contributed by atoms with van der Waals surface area (Å²) < 4.78 is 10.8. The van der Waals surface area contributed by atoms with Crippen molar-refractivity contribution in [3.05, 3.63) is 71.1 Å². The molecule has 1 unspecified atom stereocenters. The molecule has 1 fully saturated rings. The summed E-state index contributed by atoms with van der Waals surface area (Å²) >= 11 is 5.82. The average Bonchev–Trinajstić information content (AvgIpc) is 2.82. The number of nitrogens with zero attached hydrogens (tertiary/aromatic N) is 4. The summed E-state index contributed by atoms with van der Waals surface area (Å²) in [6.07, 6.45) is 7.52. The number of likely N-dealkylation sites (tertiary alicyclic amines) is 1. The lowest BCUT2D eigenvalue weighted by Crippen LogP contribution is -2.42. The van der Waals surface area contributed by atoms with Gasteiger partial charge in [0, 0.05) is 19.2 Å². The van der Waals surface area contributed by atoms with Crippen LogP contribution in [0.15, 0.2) is 60.6 Å². The lowest BCUT2D eigenvalue weighted by atomic mass is 9.91. The third kappa shape index (κ3) is 5.98. The molecule has 0 saturated carbocycles. The lowest BCUT2D eigenvalue weighted by Gasteiger charge is -2.33. The van der Waals surface area contributed by atoms with Crippen LogP contribution in [0.4, 0.5) is 10.5 Å². The van der Waals surface area contributed by atoms with Crippen LogP contribution in [0.3, 0.4) is 0 Å². The van der Waals surface area contributed by atoms with Crippen molar-refractivity contribution in [3.8, 4) is 17.6 Å². The second-order valence-corrected chi connectivity index (χ2v) is 8.13. The number of nitrogens with one attached hydrogen (secondary N) is 1. The van der Waals surface area contributed by atoms with E-state index in [2.05, 4.69) is 33.3 Å². The molecule has 1 aromatic carbocycles. The number of carbonyl (C=O) groups is 1. The Bertz CT molecular complexity index is 1140. The Labute approximate surface area is 197 Å². The maximum atomic E-state index is 12.7. The minimum Gasteiger partial charge on any atom is -0.481 e. The van der Waals surface area contributed by atoms with Crippen LogP contribution in [0.2, 0.25) is 5.02 Å². The monoisotopic (exact) mass is 465 g/mol. The van der Waals surface area contributed by atoms with Crippen LogP contribution in [-0.2, 0) is 0 Å². The molecule has 0 radical (unpaired) electrons. The van der Waals surface area contributed by atoms with Crippen molar-refractivity contribution in [2.24, 2.45) is 5.92 Å². The molecule has 170 valence electrons. The summed E-state index contributed by atoms with van der Waals surface area (Å²) in [4.78, 5) is 26.7. The molecule has 1 N–H and O–H groups in total. The van der Waals surface area contributed by atoms with Gasteiger partial charge in [0.05, 0.1) is 36.4 Å². The fourth-order valence-electron chi connectivity index (χ4n) is 3.57. The number of aromatic nitrogens is 3. The summed E-state index contributed by atoms with van der Waals surface area (Å²) in [5.74, 6) is 1.37. The Balaban J connectivity index is 1.37. The number of carbonyl (C=O) groups excluding carboxylic acids is 1. The average molecular weight is 466 g/mol. The molecule has 8 nitrogen and oxygen atoms in total. The summed E-state index contributed by atoms with van der Waals surface area (Å²) in [5.41, 5.74) is 2.94. The topological polar surface area (TPSA) is 89.5 Å². The van der Waals surface area contributed by atoms with E-state index in [1.807, 2.05) is 29.2 Å². The number of piperidine rings is 1. The number of anilines is 1. The molecule has 9 heteroatoms. The van der Waals surface area contributed by atoms with Gasteiger partial charge in [0.2, 0.25) is 5.88 Å². The Morgan fingerprint density at radius 3 is 2.70 bits per heavy atom. The minimum absolute atomic E-state index is 0.133. The van der Waals surface area contributed by atoms with Crippen molar-refractivity contribution in [2.45, 2.75) is 13.3 Å². The molecule has 1 atom stereocenters. The van der Waals surface area contributed by atoms with Crippen LogP contribution in [-0.4, -0.2) is 46.1 Å². The van der Waals surface area contributed by atoms with Crippen LogP contribution in [0.25, 0.3) is 6.08 Å². The van der Waals surface area contributed by atoms with E-state index in [4.69, 9.17) is 21.1 Å². The first-order chi connectivity index (χ1) is 16.0. The number of amides is 2. The first-order valence-corrected chi connectivity index (χ1v) is 10.9. The number of methoxy groups -OCH3 is 1. The molecule has 1 aliphatic rings. The lowest BCUT2D eigenvalue weighted by molar-refractivity contribution is 0.198. The maximum Gasteiger partial charge on any atom is 0.321 e. The molecule has 1 saturated heterocycles.